The van der Waals surface area contributed by atoms with Gasteiger partial charge in [-0.3, -0.25) is 0 Å². The number of rotatable bonds is 6. The average Bonchev–Trinajstić information content (AvgIpc) is 2.30. The standard InChI is InChI=1S/C13H18BrNO/c1-4-5-6-12(15-2)10-7-8-13(16-3)11(14)9-10/h4,7-9,12,15H,1,5-6H2,2-3H3. The lowest BCUT2D eigenvalue weighted by atomic mass is 10.0. The fraction of sp³-hybridized carbons (Fsp3) is 0.385. The van der Waals surface area contributed by atoms with Gasteiger partial charge < -0.3 is 10.1 Å². The Bertz CT molecular complexity index is 352. The first kappa shape index (κ1) is 13.3. The van der Waals surface area contributed by atoms with Crippen LogP contribution < -0.4 is 10.1 Å². The molecular weight excluding hydrogens is 266 g/mol. The minimum Gasteiger partial charge on any atom is -0.496 e. The molecule has 0 heterocycles. The molecule has 0 saturated heterocycles. The molecule has 0 spiro atoms. The van der Waals surface area contributed by atoms with Gasteiger partial charge in [0.25, 0.3) is 0 Å². The van der Waals surface area contributed by atoms with E-state index < -0.39 is 0 Å². The highest BCUT2D eigenvalue weighted by molar-refractivity contribution is 9.10. The zero-order valence-electron chi connectivity index (χ0n) is 9.79. The van der Waals surface area contributed by atoms with Gasteiger partial charge in [0.15, 0.2) is 0 Å². The van der Waals surface area contributed by atoms with E-state index in [1.54, 1.807) is 7.11 Å². The van der Waals surface area contributed by atoms with Gasteiger partial charge in [-0.25, -0.2) is 0 Å². The zero-order valence-corrected chi connectivity index (χ0v) is 11.4. The van der Waals surface area contributed by atoms with E-state index in [2.05, 4.69) is 40.0 Å². The molecule has 0 saturated carbocycles. The summed E-state index contributed by atoms with van der Waals surface area (Å²) in [6, 6.07) is 6.54. The van der Waals surface area contributed by atoms with Crippen molar-refractivity contribution >= 4 is 15.9 Å². The molecule has 88 valence electrons. The van der Waals surface area contributed by atoms with Gasteiger partial charge in [0, 0.05) is 6.04 Å². The first-order valence-electron chi connectivity index (χ1n) is 5.34. The molecule has 0 radical (unpaired) electrons. The van der Waals surface area contributed by atoms with E-state index in [9.17, 15) is 0 Å². The van der Waals surface area contributed by atoms with E-state index in [0.29, 0.717) is 6.04 Å². The van der Waals surface area contributed by atoms with Crippen molar-refractivity contribution in [1.29, 1.82) is 0 Å². The van der Waals surface area contributed by atoms with Gasteiger partial charge in [-0.2, -0.15) is 0 Å². The second-order valence-electron chi connectivity index (χ2n) is 3.60. The lowest BCUT2D eigenvalue weighted by Crippen LogP contribution is -2.16. The van der Waals surface area contributed by atoms with Crippen molar-refractivity contribution in [3.8, 4) is 5.75 Å². The van der Waals surface area contributed by atoms with Crippen molar-refractivity contribution in [2.24, 2.45) is 0 Å². The van der Waals surface area contributed by atoms with Gasteiger partial charge in [0.1, 0.15) is 5.75 Å². The summed E-state index contributed by atoms with van der Waals surface area (Å²) in [6.07, 6.45) is 4.01. The molecule has 0 fully saturated rings. The highest BCUT2D eigenvalue weighted by Gasteiger charge is 2.10. The Morgan fingerprint density at radius 2 is 2.31 bits per heavy atom. The smallest absolute Gasteiger partial charge is 0.133 e. The summed E-state index contributed by atoms with van der Waals surface area (Å²) in [5.74, 6) is 0.863. The molecule has 1 aromatic carbocycles. The van der Waals surface area contributed by atoms with Crippen LogP contribution in [0.4, 0.5) is 0 Å². The van der Waals surface area contributed by atoms with Crippen LogP contribution in [0.2, 0.25) is 0 Å². The molecule has 1 unspecified atom stereocenters. The molecule has 0 aromatic heterocycles. The second kappa shape index (κ2) is 6.71. The monoisotopic (exact) mass is 283 g/mol. The Hall–Kier alpha value is -0.800. The summed E-state index contributed by atoms with van der Waals surface area (Å²) < 4.78 is 6.20. The van der Waals surface area contributed by atoms with Crippen LogP contribution in [-0.2, 0) is 0 Å². The highest BCUT2D eigenvalue weighted by atomic mass is 79.9. The Morgan fingerprint density at radius 1 is 1.56 bits per heavy atom. The van der Waals surface area contributed by atoms with Crippen LogP contribution in [0.5, 0.6) is 5.75 Å². The number of methoxy groups -OCH3 is 1. The third-order valence-corrected chi connectivity index (χ3v) is 3.21. The summed E-state index contributed by atoms with van der Waals surface area (Å²) >= 11 is 3.50. The van der Waals surface area contributed by atoms with E-state index in [-0.39, 0.29) is 0 Å². The molecule has 3 heteroatoms. The minimum absolute atomic E-state index is 0.361. The lowest BCUT2D eigenvalue weighted by molar-refractivity contribution is 0.411. The van der Waals surface area contributed by atoms with Gasteiger partial charge >= 0.3 is 0 Å². The van der Waals surface area contributed by atoms with Crippen LogP contribution in [0.25, 0.3) is 0 Å². The highest BCUT2D eigenvalue weighted by Crippen LogP contribution is 2.29. The van der Waals surface area contributed by atoms with Crippen LogP contribution in [0.1, 0.15) is 24.4 Å². The van der Waals surface area contributed by atoms with Crippen LogP contribution in [-0.4, -0.2) is 14.2 Å². The number of hydrogen-bond donors (Lipinski definition) is 1. The van der Waals surface area contributed by atoms with Gasteiger partial charge in [0.05, 0.1) is 11.6 Å². The summed E-state index contributed by atoms with van der Waals surface area (Å²) in [4.78, 5) is 0. The van der Waals surface area contributed by atoms with Gasteiger partial charge in [-0.05, 0) is 53.5 Å². The fourth-order valence-corrected chi connectivity index (χ4v) is 2.22. The Balaban J connectivity index is 2.84. The van der Waals surface area contributed by atoms with Crippen molar-refractivity contribution < 1.29 is 4.74 Å². The van der Waals surface area contributed by atoms with E-state index in [1.165, 1.54) is 5.56 Å². The number of benzene rings is 1. The molecule has 0 aliphatic heterocycles. The number of ether oxygens (including phenoxy) is 1. The molecule has 0 aliphatic carbocycles. The molecule has 1 N–H and O–H groups in total. The number of hydrogen-bond acceptors (Lipinski definition) is 2. The third kappa shape index (κ3) is 3.35. The molecule has 16 heavy (non-hydrogen) atoms. The normalized spacial score (nSPS) is 12.2. The van der Waals surface area contributed by atoms with Gasteiger partial charge in [0.2, 0.25) is 0 Å². The summed E-state index contributed by atoms with van der Waals surface area (Å²) in [7, 11) is 3.65. The van der Waals surface area contributed by atoms with Crippen LogP contribution in [0.15, 0.2) is 35.3 Å². The van der Waals surface area contributed by atoms with Crippen LogP contribution >= 0.6 is 15.9 Å². The molecule has 2 nitrogen and oxygen atoms in total. The van der Waals surface area contributed by atoms with E-state index in [1.807, 2.05) is 19.2 Å². The topological polar surface area (TPSA) is 21.3 Å². The molecule has 0 aliphatic rings. The molecule has 1 atom stereocenters. The van der Waals surface area contributed by atoms with Crippen molar-refractivity contribution in [2.45, 2.75) is 18.9 Å². The lowest BCUT2D eigenvalue weighted by Gasteiger charge is -2.16. The van der Waals surface area contributed by atoms with E-state index >= 15 is 0 Å². The van der Waals surface area contributed by atoms with Crippen molar-refractivity contribution in [1.82, 2.24) is 5.32 Å². The van der Waals surface area contributed by atoms with E-state index in [0.717, 1.165) is 23.1 Å². The molecule has 1 rings (SSSR count). The predicted octanol–water partition coefficient (Wildman–Crippen LogP) is 3.68. The maximum Gasteiger partial charge on any atom is 0.133 e. The second-order valence-corrected chi connectivity index (χ2v) is 4.46. The van der Waals surface area contributed by atoms with Gasteiger partial charge in [-0.15, -0.1) is 6.58 Å². The maximum atomic E-state index is 5.21. The summed E-state index contributed by atoms with van der Waals surface area (Å²) in [5, 5.41) is 3.31. The predicted molar refractivity (Wildman–Crippen MR) is 71.9 cm³/mol. The fourth-order valence-electron chi connectivity index (χ4n) is 1.66. The van der Waals surface area contributed by atoms with Crippen molar-refractivity contribution in [2.75, 3.05) is 14.2 Å². The molecule has 0 bridgehead atoms. The number of allylic oxidation sites excluding steroid dienone is 1. The Kier molecular flexibility index (Phi) is 5.56. The SMILES string of the molecule is C=CCCC(NC)c1ccc(OC)c(Br)c1. The first-order valence-corrected chi connectivity index (χ1v) is 6.13. The average molecular weight is 284 g/mol. The number of halogens is 1. The Morgan fingerprint density at radius 3 is 2.81 bits per heavy atom. The maximum absolute atomic E-state index is 5.21. The third-order valence-electron chi connectivity index (χ3n) is 2.59. The quantitative estimate of drug-likeness (QED) is 0.804. The molecule has 1 aromatic rings. The van der Waals surface area contributed by atoms with Crippen LogP contribution in [0, 0.1) is 0 Å². The van der Waals surface area contributed by atoms with Crippen molar-refractivity contribution in [3.05, 3.63) is 40.9 Å². The van der Waals surface area contributed by atoms with E-state index in [4.69, 9.17) is 4.74 Å². The van der Waals surface area contributed by atoms with Crippen LogP contribution in [0.3, 0.4) is 0 Å². The number of nitrogens with one attached hydrogen (secondary N) is 1. The van der Waals surface area contributed by atoms with Crippen molar-refractivity contribution in [3.63, 3.8) is 0 Å². The summed E-state index contributed by atoms with van der Waals surface area (Å²) in [5.41, 5.74) is 1.26. The summed E-state index contributed by atoms with van der Waals surface area (Å²) in [6.45, 7) is 3.75. The minimum atomic E-state index is 0.361. The first-order chi connectivity index (χ1) is 7.72. The van der Waals surface area contributed by atoms with Gasteiger partial charge in [-0.1, -0.05) is 12.1 Å². The molecular formula is C13H18BrNO. The largest absolute Gasteiger partial charge is 0.496 e. The molecule has 0 amide bonds. The zero-order chi connectivity index (χ0) is 12.0. The Labute approximate surface area is 106 Å².